The van der Waals surface area contributed by atoms with Crippen LogP contribution in [0.1, 0.15) is 12.0 Å². The van der Waals surface area contributed by atoms with E-state index in [0.717, 1.165) is 16.5 Å². The molecule has 106 valence electrons. The minimum Gasteiger partial charge on any atom is -0.496 e. The lowest BCUT2D eigenvalue weighted by molar-refractivity contribution is -0.140. The highest BCUT2D eigenvalue weighted by atomic mass is 16.5. The third-order valence-corrected chi connectivity index (χ3v) is 3.24. The van der Waals surface area contributed by atoms with Crippen LogP contribution in [0, 0.1) is 0 Å². The van der Waals surface area contributed by atoms with Crippen molar-refractivity contribution in [2.24, 2.45) is 0 Å². The Morgan fingerprint density at radius 3 is 2.55 bits per heavy atom. The molecule has 0 amide bonds. The molecule has 0 aliphatic rings. The molecule has 20 heavy (non-hydrogen) atoms. The summed E-state index contributed by atoms with van der Waals surface area (Å²) in [7, 11) is 3.08. The van der Waals surface area contributed by atoms with Crippen molar-refractivity contribution in [3.05, 3.63) is 42.0 Å². The molecule has 0 aliphatic carbocycles. The molecule has 0 saturated carbocycles. The predicted molar refractivity (Wildman–Crippen MR) is 78.8 cm³/mol. The monoisotopic (exact) mass is 273 g/mol. The normalized spacial score (nSPS) is 10.5. The zero-order valence-corrected chi connectivity index (χ0v) is 11.8. The van der Waals surface area contributed by atoms with E-state index in [9.17, 15) is 4.79 Å². The Morgan fingerprint density at radius 1 is 1.10 bits per heavy atom. The van der Waals surface area contributed by atoms with Gasteiger partial charge in [0.05, 0.1) is 20.6 Å². The zero-order chi connectivity index (χ0) is 14.4. The predicted octanol–water partition coefficient (Wildman–Crippen LogP) is 2.50. The van der Waals surface area contributed by atoms with Gasteiger partial charge in [0, 0.05) is 18.5 Å². The van der Waals surface area contributed by atoms with Gasteiger partial charge < -0.3 is 14.8 Å². The number of rotatable bonds is 6. The summed E-state index contributed by atoms with van der Waals surface area (Å²) in [5.74, 6) is 0.677. The first-order valence-corrected chi connectivity index (χ1v) is 6.58. The zero-order valence-electron chi connectivity index (χ0n) is 11.8. The summed E-state index contributed by atoms with van der Waals surface area (Å²) in [5.41, 5.74) is 1.19. The first-order valence-electron chi connectivity index (χ1n) is 6.58. The minimum atomic E-state index is -0.197. The number of esters is 1. The van der Waals surface area contributed by atoms with Crippen molar-refractivity contribution in [1.82, 2.24) is 5.32 Å². The van der Waals surface area contributed by atoms with Gasteiger partial charge in [0.1, 0.15) is 5.75 Å². The Kier molecular flexibility index (Phi) is 4.96. The summed E-state index contributed by atoms with van der Waals surface area (Å²) < 4.78 is 9.98. The van der Waals surface area contributed by atoms with Gasteiger partial charge in [0.2, 0.25) is 0 Å². The molecule has 0 saturated heterocycles. The molecule has 2 aromatic carbocycles. The Morgan fingerprint density at radius 2 is 1.85 bits per heavy atom. The molecule has 0 aliphatic heterocycles. The fourth-order valence-electron chi connectivity index (χ4n) is 2.18. The summed E-state index contributed by atoms with van der Waals surface area (Å²) in [5, 5.41) is 5.52. The molecule has 0 aromatic heterocycles. The van der Waals surface area contributed by atoms with Crippen molar-refractivity contribution in [1.29, 1.82) is 0 Å². The van der Waals surface area contributed by atoms with Crippen LogP contribution in [0.25, 0.3) is 10.8 Å². The molecule has 0 spiro atoms. The van der Waals surface area contributed by atoms with Gasteiger partial charge in [-0.05, 0) is 17.0 Å². The molecule has 0 radical (unpaired) electrons. The van der Waals surface area contributed by atoms with Crippen LogP contribution in [-0.2, 0) is 16.1 Å². The fraction of sp³-hybridized carbons (Fsp3) is 0.312. The quantitative estimate of drug-likeness (QED) is 0.649. The van der Waals surface area contributed by atoms with E-state index in [0.29, 0.717) is 19.5 Å². The second-order valence-corrected chi connectivity index (χ2v) is 4.48. The maximum absolute atomic E-state index is 11.0. The van der Waals surface area contributed by atoms with Crippen molar-refractivity contribution >= 4 is 16.7 Å². The van der Waals surface area contributed by atoms with Gasteiger partial charge in [-0.2, -0.15) is 0 Å². The topological polar surface area (TPSA) is 47.6 Å². The van der Waals surface area contributed by atoms with Crippen LogP contribution < -0.4 is 10.1 Å². The van der Waals surface area contributed by atoms with Crippen LogP contribution in [0.5, 0.6) is 5.75 Å². The number of hydrogen-bond donors (Lipinski definition) is 1. The lowest BCUT2D eigenvalue weighted by atomic mass is 10.0. The molecule has 4 nitrogen and oxygen atoms in total. The molecule has 1 N–H and O–H groups in total. The van der Waals surface area contributed by atoms with E-state index >= 15 is 0 Å². The molecule has 0 unspecified atom stereocenters. The molecule has 0 fully saturated rings. The maximum atomic E-state index is 11.0. The third-order valence-electron chi connectivity index (χ3n) is 3.24. The van der Waals surface area contributed by atoms with Crippen LogP contribution >= 0.6 is 0 Å². The smallest absolute Gasteiger partial charge is 0.306 e. The van der Waals surface area contributed by atoms with Crippen molar-refractivity contribution in [2.75, 3.05) is 20.8 Å². The Labute approximate surface area is 118 Å². The van der Waals surface area contributed by atoms with Crippen LogP contribution in [-0.4, -0.2) is 26.7 Å². The largest absolute Gasteiger partial charge is 0.496 e. The third kappa shape index (κ3) is 3.27. The van der Waals surface area contributed by atoms with Gasteiger partial charge in [-0.25, -0.2) is 0 Å². The summed E-state index contributed by atoms with van der Waals surface area (Å²) in [6.07, 6.45) is 0.380. The number of carbonyl (C=O) groups excluding carboxylic acids is 1. The van der Waals surface area contributed by atoms with Crippen LogP contribution in [0.15, 0.2) is 36.4 Å². The van der Waals surface area contributed by atoms with Gasteiger partial charge >= 0.3 is 5.97 Å². The number of hydrogen-bond acceptors (Lipinski definition) is 4. The molecule has 0 atom stereocenters. The Hall–Kier alpha value is -2.07. The molecule has 4 heteroatoms. The fourth-order valence-corrected chi connectivity index (χ4v) is 2.18. The SMILES string of the molecule is COC(=O)CCNCc1ccc(OC)c2ccccc12. The molecule has 0 bridgehead atoms. The molecule has 2 aromatic rings. The number of fused-ring (bicyclic) bond motifs is 1. The van der Waals surface area contributed by atoms with Gasteiger partial charge in [0.15, 0.2) is 0 Å². The standard InChI is InChI=1S/C16H19NO3/c1-19-15-8-7-12(11-17-10-9-16(18)20-2)13-5-3-4-6-14(13)15/h3-8,17H,9-11H2,1-2H3. The maximum Gasteiger partial charge on any atom is 0.306 e. The van der Waals surface area contributed by atoms with Gasteiger partial charge in [-0.15, -0.1) is 0 Å². The molecule has 2 rings (SSSR count). The second kappa shape index (κ2) is 6.91. The Balaban J connectivity index is 2.09. The van der Waals surface area contributed by atoms with Gasteiger partial charge in [-0.3, -0.25) is 4.79 Å². The van der Waals surface area contributed by atoms with Crippen LogP contribution in [0.2, 0.25) is 0 Å². The van der Waals surface area contributed by atoms with Gasteiger partial charge in [-0.1, -0.05) is 30.3 Å². The Bertz CT molecular complexity index is 595. The number of nitrogens with one attached hydrogen (secondary N) is 1. The van der Waals surface area contributed by atoms with Crippen molar-refractivity contribution in [3.8, 4) is 5.75 Å². The number of methoxy groups -OCH3 is 2. The lowest BCUT2D eigenvalue weighted by Crippen LogP contribution is -2.18. The second-order valence-electron chi connectivity index (χ2n) is 4.48. The summed E-state index contributed by atoms with van der Waals surface area (Å²) >= 11 is 0. The summed E-state index contributed by atoms with van der Waals surface area (Å²) in [6, 6.07) is 12.2. The van der Waals surface area contributed by atoms with E-state index in [4.69, 9.17) is 4.74 Å². The van der Waals surface area contributed by atoms with E-state index in [2.05, 4.69) is 16.1 Å². The summed E-state index contributed by atoms with van der Waals surface area (Å²) in [4.78, 5) is 11.0. The average Bonchev–Trinajstić information content (AvgIpc) is 2.51. The number of carbonyl (C=O) groups is 1. The van der Waals surface area contributed by atoms with E-state index in [1.54, 1.807) is 7.11 Å². The average molecular weight is 273 g/mol. The molecule has 0 heterocycles. The summed E-state index contributed by atoms with van der Waals surface area (Å²) in [6.45, 7) is 1.31. The van der Waals surface area contributed by atoms with E-state index in [-0.39, 0.29) is 5.97 Å². The minimum absolute atomic E-state index is 0.197. The highest BCUT2D eigenvalue weighted by Gasteiger charge is 2.06. The lowest BCUT2D eigenvalue weighted by Gasteiger charge is -2.11. The van der Waals surface area contributed by atoms with E-state index in [1.165, 1.54) is 12.7 Å². The van der Waals surface area contributed by atoms with E-state index in [1.807, 2.05) is 30.3 Å². The van der Waals surface area contributed by atoms with Gasteiger partial charge in [0.25, 0.3) is 0 Å². The van der Waals surface area contributed by atoms with Crippen molar-refractivity contribution < 1.29 is 14.3 Å². The number of ether oxygens (including phenoxy) is 2. The van der Waals surface area contributed by atoms with Crippen LogP contribution in [0.4, 0.5) is 0 Å². The molecular formula is C16H19NO3. The first-order chi connectivity index (χ1) is 9.76. The van der Waals surface area contributed by atoms with Crippen LogP contribution in [0.3, 0.4) is 0 Å². The van der Waals surface area contributed by atoms with Crippen molar-refractivity contribution in [2.45, 2.75) is 13.0 Å². The highest BCUT2D eigenvalue weighted by molar-refractivity contribution is 5.91. The first kappa shape index (κ1) is 14.3. The van der Waals surface area contributed by atoms with E-state index < -0.39 is 0 Å². The highest BCUT2D eigenvalue weighted by Crippen LogP contribution is 2.28. The number of benzene rings is 2. The molecular weight excluding hydrogens is 254 g/mol. The van der Waals surface area contributed by atoms with Crippen molar-refractivity contribution in [3.63, 3.8) is 0 Å².